The summed E-state index contributed by atoms with van der Waals surface area (Å²) in [6, 6.07) is 9.94. The number of benzene rings is 2. The highest BCUT2D eigenvalue weighted by Gasteiger charge is 2.18. The minimum absolute atomic E-state index is 0.0502. The Bertz CT molecular complexity index is 699. The van der Waals surface area contributed by atoms with Gasteiger partial charge in [-0.2, -0.15) is 0 Å². The fourth-order valence-corrected chi connectivity index (χ4v) is 2.72. The van der Waals surface area contributed by atoms with Crippen LogP contribution in [0.15, 0.2) is 36.4 Å². The molecule has 0 unspecified atom stereocenters. The molecule has 0 saturated heterocycles. The quantitative estimate of drug-likeness (QED) is 0.732. The van der Waals surface area contributed by atoms with E-state index in [0.29, 0.717) is 5.02 Å². The maximum atomic E-state index is 13.9. The lowest BCUT2D eigenvalue weighted by atomic mass is 9.92. The molecule has 122 valence electrons. The molecule has 2 rings (SSSR count). The zero-order chi connectivity index (χ0) is 17.1. The van der Waals surface area contributed by atoms with Crippen molar-refractivity contribution >= 4 is 23.2 Å². The van der Waals surface area contributed by atoms with E-state index in [0.717, 1.165) is 16.8 Å². The fourth-order valence-electron chi connectivity index (χ4n) is 2.55. The van der Waals surface area contributed by atoms with Gasteiger partial charge >= 0.3 is 0 Å². The van der Waals surface area contributed by atoms with Gasteiger partial charge in [-0.1, -0.05) is 57.5 Å². The second kappa shape index (κ2) is 7.14. The number of nitrogens with one attached hydrogen (secondary N) is 1. The molecule has 2 aromatic carbocycles. The summed E-state index contributed by atoms with van der Waals surface area (Å²) in [6.45, 7) is 8.26. The summed E-state index contributed by atoms with van der Waals surface area (Å²) in [6.07, 6.45) is 0. The Kier molecular flexibility index (Phi) is 5.42. The van der Waals surface area contributed by atoms with E-state index in [2.05, 4.69) is 33.0 Å². The van der Waals surface area contributed by atoms with E-state index in [1.54, 1.807) is 0 Å². The minimum Gasteiger partial charge on any atom is -0.321 e. The molecule has 0 heterocycles. The number of para-hydroxylation sites is 1. The number of carbonyl (C=O) groups is 1. The summed E-state index contributed by atoms with van der Waals surface area (Å²) in [5.74, 6) is -0.582. The predicted molar refractivity (Wildman–Crippen MR) is 94.0 cm³/mol. The van der Waals surface area contributed by atoms with Crippen LogP contribution in [0.4, 0.5) is 10.1 Å². The fraction of sp³-hybridized carbons (Fsp3) is 0.316. The van der Waals surface area contributed by atoms with Crippen molar-refractivity contribution in [3.05, 3.63) is 63.9 Å². The molecule has 0 fully saturated rings. The first-order chi connectivity index (χ1) is 10.8. The summed E-state index contributed by atoms with van der Waals surface area (Å²) in [5, 5.41) is 3.22. The Balaban J connectivity index is 2.46. The lowest BCUT2D eigenvalue weighted by molar-refractivity contribution is 0.102. The average Bonchev–Trinajstić information content (AvgIpc) is 2.49. The van der Waals surface area contributed by atoms with Gasteiger partial charge < -0.3 is 5.32 Å². The normalized spacial score (nSPS) is 11.1. The Morgan fingerprint density at radius 1 is 1.04 bits per heavy atom. The molecule has 1 N–H and O–H groups in total. The zero-order valence-electron chi connectivity index (χ0n) is 13.8. The first kappa shape index (κ1) is 17.5. The summed E-state index contributed by atoms with van der Waals surface area (Å²) in [7, 11) is 0. The third-order valence-corrected chi connectivity index (χ3v) is 4.02. The highest BCUT2D eigenvalue weighted by molar-refractivity contribution is 6.31. The van der Waals surface area contributed by atoms with Crippen LogP contribution in [0.25, 0.3) is 0 Å². The Morgan fingerprint density at radius 3 is 2.13 bits per heavy atom. The monoisotopic (exact) mass is 333 g/mol. The van der Waals surface area contributed by atoms with E-state index in [4.69, 9.17) is 11.6 Å². The molecule has 0 aromatic heterocycles. The molecule has 2 aromatic rings. The largest absolute Gasteiger partial charge is 0.321 e. The van der Waals surface area contributed by atoms with Gasteiger partial charge in [0.25, 0.3) is 5.91 Å². The van der Waals surface area contributed by atoms with Gasteiger partial charge in [0.2, 0.25) is 0 Å². The van der Waals surface area contributed by atoms with Gasteiger partial charge in [-0.25, -0.2) is 4.39 Å². The highest BCUT2D eigenvalue weighted by atomic mass is 35.5. The van der Waals surface area contributed by atoms with Crippen molar-refractivity contribution in [2.45, 2.75) is 39.5 Å². The average molecular weight is 334 g/mol. The van der Waals surface area contributed by atoms with E-state index < -0.39 is 11.7 Å². The molecule has 0 aliphatic heterocycles. The number of carbonyl (C=O) groups excluding carboxylic acids is 1. The molecule has 23 heavy (non-hydrogen) atoms. The van der Waals surface area contributed by atoms with Crippen molar-refractivity contribution in [2.24, 2.45) is 0 Å². The summed E-state index contributed by atoms with van der Waals surface area (Å²) < 4.78 is 13.9. The van der Waals surface area contributed by atoms with Gasteiger partial charge in [0, 0.05) is 10.7 Å². The third kappa shape index (κ3) is 3.91. The van der Waals surface area contributed by atoms with E-state index in [1.165, 1.54) is 18.2 Å². The molecule has 1 amide bonds. The van der Waals surface area contributed by atoms with Crippen molar-refractivity contribution in [1.82, 2.24) is 0 Å². The van der Waals surface area contributed by atoms with E-state index >= 15 is 0 Å². The number of amides is 1. The number of hydrogen-bond acceptors (Lipinski definition) is 1. The molecule has 0 spiro atoms. The summed E-state index contributed by atoms with van der Waals surface area (Å²) >= 11 is 5.88. The van der Waals surface area contributed by atoms with Gasteiger partial charge in [0.15, 0.2) is 0 Å². The molecule has 0 radical (unpaired) electrons. The van der Waals surface area contributed by atoms with E-state index in [9.17, 15) is 9.18 Å². The first-order valence-electron chi connectivity index (χ1n) is 7.70. The first-order valence-corrected chi connectivity index (χ1v) is 8.08. The molecule has 0 aliphatic rings. The van der Waals surface area contributed by atoms with Crippen molar-refractivity contribution in [2.75, 3.05) is 5.32 Å². The summed E-state index contributed by atoms with van der Waals surface area (Å²) in [5.41, 5.74) is 2.78. The molecular formula is C19H21ClFNO. The van der Waals surface area contributed by atoms with Crippen molar-refractivity contribution in [1.29, 1.82) is 0 Å². The second-order valence-corrected chi connectivity index (χ2v) is 6.64. The smallest absolute Gasteiger partial charge is 0.258 e. The molecule has 2 nitrogen and oxygen atoms in total. The molecule has 4 heteroatoms. The van der Waals surface area contributed by atoms with Gasteiger partial charge in [0.05, 0.1) is 5.56 Å². The van der Waals surface area contributed by atoms with Gasteiger partial charge in [-0.15, -0.1) is 0 Å². The van der Waals surface area contributed by atoms with Crippen LogP contribution in [0.5, 0.6) is 0 Å². The molecule has 0 aliphatic carbocycles. The standard InChI is InChI=1S/C19H21ClFNO/c1-11(2)14-6-5-7-15(12(3)4)18(14)22-19(23)16-10-13(20)8-9-17(16)21/h5-12H,1-4H3,(H,22,23). The van der Waals surface area contributed by atoms with Crippen LogP contribution in [-0.4, -0.2) is 5.91 Å². The maximum absolute atomic E-state index is 13.9. The van der Waals surface area contributed by atoms with Crippen LogP contribution in [0.3, 0.4) is 0 Å². The van der Waals surface area contributed by atoms with Crippen molar-refractivity contribution in [3.63, 3.8) is 0 Å². The van der Waals surface area contributed by atoms with Crippen LogP contribution in [-0.2, 0) is 0 Å². The van der Waals surface area contributed by atoms with Gasteiger partial charge in [-0.05, 0) is 41.2 Å². The SMILES string of the molecule is CC(C)c1cccc(C(C)C)c1NC(=O)c1cc(Cl)ccc1F. The number of halogens is 2. The van der Waals surface area contributed by atoms with Crippen LogP contribution < -0.4 is 5.32 Å². The van der Waals surface area contributed by atoms with Crippen molar-refractivity contribution < 1.29 is 9.18 Å². The molecule has 0 bridgehead atoms. The topological polar surface area (TPSA) is 29.1 Å². The van der Waals surface area contributed by atoms with Crippen LogP contribution >= 0.6 is 11.6 Å². The van der Waals surface area contributed by atoms with Crippen LogP contribution in [0.1, 0.15) is 61.0 Å². The highest BCUT2D eigenvalue weighted by Crippen LogP contribution is 2.33. The van der Waals surface area contributed by atoms with Gasteiger partial charge in [-0.3, -0.25) is 4.79 Å². The molecule has 0 atom stereocenters. The second-order valence-electron chi connectivity index (χ2n) is 6.20. The lowest BCUT2D eigenvalue weighted by Crippen LogP contribution is -2.17. The van der Waals surface area contributed by atoms with Crippen molar-refractivity contribution in [3.8, 4) is 0 Å². The third-order valence-electron chi connectivity index (χ3n) is 3.78. The Hall–Kier alpha value is -1.87. The summed E-state index contributed by atoms with van der Waals surface area (Å²) in [4.78, 5) is 12.5. The molecular weight excluding hydrogens is 313 g/mol. The van der Waals surface area contributed by atoms with E-state index in [-0.39, 0.29) is 17.4 Å². The minimum atomic E-state index is -0.583. The zero-order valence-corrected chi connectivity index (χ0v) is 14.5. The number of hydrogen-bond donors (Lipinski definition) is 1. The maximum Gasteiger partial charge on any atom is 0.258 e. The Morgan fingerprint density at radius 2 is 1.61 bits per heavy atom. The number of anilines is 1. The predicted octanol–water partition coefficient (Wildman–Crippen LogP) is 5.98. The Labute approximate surface area is 141 Å². The molecule has 0 saturated carbocycles. The van der Waals surface area contributed by atoms with Gasteiger partial charge in [0.1, 0.15) is 5.82 Å². The van der Waals surface area contributed by atoms with Crippen LogP contribution in [0.2, 0.25) is 5.02 Å². The number of rotatable bonds is 4. The van der Waals surface area contributed by atoms with Crippen LogP contribution in [0, 0.1) is 5.82 Å². The lowest BCUT2D eigenvalue weighted by Gasteiger charge is -2.20. The van der Waals surface area contributed by atoms with E-state index in [1.807, 2.05) is 18.2 Å².